The molecule has 0 amide bonds. The van der Waals surface area contributed by atoms with Gasteiger partial charge < -0.3 is 13.5 Å². The van der Waals surface area contributed by atoms with Crippen LogP contribution in [0.3, 0.4) is 0 Å². The van der Waals surface area contributed by atoms with Crippen molar-refractivity contribution in [3.8, 4) is 5.75 Å². The molecule has 4 aromatic rings. The van der Waals surface area contributed by atoms with E-state index in [2.05, 4.69) is 54.1 Å². The summed E-state index contributed by atoms with van der Waals surface area (Å²) in [5, 5.41) is 0. The van der Waals surface area contributed by atoms with Crippen molar-refractivity contribution in [3.63, 3.8) is 0 Å². The van der Waals surface area contributed by atoms with Crippen LogP contribution in [0, 0.1) is 20.8 Å². The predicted octanol–water partition coefficient (Wildman–Crippen LogP) is 4.58. The monoisotopic (exact) mass is 360 g/mol. The summed E-state index contributed by atoms with van der Waals surface area (Å²) in [5.41, 5.74) is 7.99. The van der Waals surface area contributed by atoms with Crippen molar-refractivity contribution < 1.29 is 4.74 Å². The van der Waals surface area contributed by atoms with Crippen LogP contribution in [0.1, 0.15) is 53.0 Å². The van der Waals surface area contributed by atoms with Gasteiger partial charge in [-0.1, -0.05) is 6.07 Å². The summed E-state index contributed by atoms with van der Waals surface area (Å²) in [6, 6.07) is 8.29. The molecular weight excluding hydrogens is 336 g/mol. The van der Waals surface area contributed by atoms with E-state index in [1.165, 1.54) is 28.3 Å². The molecule has 0 bridgehead atoms. The van der Waals surface area contributed by atoms with Crippen molar-refractivity contribution in [3.05, 3.63) is 65.0 Å². The van der Waals surface area contributed by atoms with Crippen molar-refractivity contribution in [2.45, 2.75) is 45.4 Å². The van der Waals surface area contributed by atoms with Crippen LogP contribution in [-0.4, -0.2) is 25.9 Å². The minimum atomic E-state index is 0.417. The second-order valence-electron chi connectivity index (χ2n) is 7.66. The molecular formula is C22H24N4O. The van der Waals surface area contributed by atoms with Gasteiger partial charge in [0, 0.05) is 35.6 Å². The topological polar surface area (TPSA) is 43.8 Å². The van der Waals surface area contributed by atoms with Crippen molar-refractivity contribution in [2.75, 3.05) is 7.11 Å². The first-order valence-corrected chi connectivity index (χ1v) is 9.55. The molecule has 1 fully saturated rings. The number of imidazole rings is 2. The third kappa shape index (κ3) is 2.30. The molecule has 1 saturated carbocycles. The molecule has 1 aliphatic carbocycles. The van der Waals surface area contributed by atoms with Gasteiger partial charge in [-0.3, -0.25) is 0 Å². The molecule has 5 rings (SSSR count). The highest BCUT2D eigenvalue weighted by atomic mass is 16.5. The fourth-order valence-electron chi connectivity index (χ4n) is 4.39. The van der Waals surface area contributed by atoms with Crippen LogP contribution in [0.2, 0.25) is 0 Å². The maximum atomic E-state index is 5.51. The summed E-state index contributed by atoms with van der Waals surface area (Å²) >= 11 is 0. The van der Waals surface area contributed by atoms with E-state index < -0.39 is 0 Å². The zero-order valence-corrected chi connectivity index (χ0v) is 16.2. The minimum absolute atomic E-state index is 0.417. The highest BCUT2D eigenvalue weighted by Gasteiger charge is 2.38. The molecule has 138 valence electrons. The average Bonchev–Trinajstić information content (AvgIpc) is 3.21. The number of aryl methyl sites for hydroxylation is 3. The lowest BCUT2D eigenvalue weighted by molar-refractivity contribution is 0.334. The van der Waals surface area contributed by atoms with Crippen LogP contribution in [-0.2, 0) is 0 Å². The quantitative estimate of drug-likeness (QED) is 0.537. The van der Waals surface area contributed by atoms with E-state index in [0.29, 0.717) is 11.8 Å². The fourth-order valence-corrected chi connectivity index (χ4v) is 4.39. The number of ether oxygens (including phenoxy) is 1. The van der Waals surface area contributed by atoms with E-state index in [9.17, 15) is 0 Å². The lowest BCUT2D eigenvalue weighted by atomic mass is 9.70. The Morgan fingerprint density at radius 2 is 1.78 bits per heavy atom. The van der Waals surface area contributed by atoms with Crippen LogP contribution in [0.15, 0.2) is 36.7 Å². The van der Waals surface area contributed by atoms with Crippen LogP contribution in [0.5, 0.6) is 5.75 Å². The van der Waals surface area contributed by atoms with Gasteiger partial charge in [0.25, 0.3) is 0 Å². The van der Waals surface area contributed by atoms with Gasteiger partial charge in [0.1, 0.15) is 5.65 Å². The molecule has 0 aromatic carbocycles. The van der Waals surface area contributed by atoms with Gasteiger partial charge in [0.05, 0.1) is 18.5 Å². The molecule has 1 aliphatic rings. The lowest BCUT2D eigenvalue weighted by Crippen LogP contribution is -2.23. The number of fused-ring (bicyclic) bond motifs is 2. The van der Waals surface area contributed by atoms with Gasteiger partial charge in [-0.25, -0.2) is 9.97 Å². The van der Waals surface area contributed by atoms with E-state index in [1.54, 1.807) is 7.11 Å². The standard InChI is InChI=1S/C22H24N4O/c1-13-7-8-14(2)26-12-18(23-21(13)26)16-9-10-17(16)20-15(3)25-11-5-6-19(27-4)22(25)24-20/h5-8,11-12,16-17H,9-10H2,1-4H3. The number of methoxy groups -OCH3 is 1. The van der Waals surface area contributed by atoms with Crippen molar-refractivity contribution >= 4 is 11.3 Å². The number of hydrogen-bond donors (Lipinski definition) is 0. The molecule has 27 heavy (non-hydrogen) atoms. The van der Waals surface area contributed by atoms with Crippen LogP contribution in [0.25, 0.3) is 11.3 Å². The molecule has 0 spiro atoms. The summed E-state index contributed by atoms with van der Waals surface area (Å²) in [6.45, 7) is 6.42. The molecule has 0 aliphatic heterocycles. The van der Waals surface area contributed by atoms with Gasteiger partial charge in [0.2, 0.25) is 0 Å². The highest BCUT2D eigenvalue weighted by molar-refractivity contribution is 5.57. The number of pyridine rings is 2. The zero-order chi connectivity index (χ0) is 18.7. The Labute approximate surface area is 158 Å². The Kier molecular flexibility index (Phi) is 3.54. The fraction of sp³-hybridized carbons (Fsp3) is 0.364. The molecule has 5 heteroatoms. The Balaban J connectivity index is 1.58. The number of rotatable bonds is 3. The van der Waals surface area contributed by atoms with Gasteiger partial charge in [-0.05, 0) is 57.4 Å². The second kappa shape index (κ2) is 5.84. The van der Waals surface area contributed by atoms with E-state index in [0.717, 1.165) is 29.9 Å². The number of nitrogens with zero attached hydrogens (tertiary/aromatic N) is 4. The van der Waals surface area contributed by atoms with Crippen molar-refractivity contribution in [1.29, 1.82) is 0 Å². The molecule has 0 radical (unpaired) electrons. The van der Waals surface area contributed by atoms with Crippen LogP contribution >= 0.6 is 0 Å². The molecule has 2 unspecified atom stereocenters. The predicted molar refractivity (Wildman–Crippen MR) is 106 cm³/mol. The van der Waals surface area contributed by atoms with Crippen LogP contribution in [0.4, 0.5) is 0 Å². The Morgan fingerprint density at radius 1 is 0.963 bits per heavy atom. The zero-order valence-electron chi connectivity index (χ0n) is 16.2. The third-order valence-electron chi connectivity index (χ3n) is 6.15. The van der Waals surface area contributed by atoms with Gasteiger partial charge >= 0.3 is 0 Å². The SMILES string of the molecule is COc1cccn2c(C)c(C3CCC3c3cn4c(C)ccc(C)c4n3)nc12. The highest BCUT2D eigenvalue weighted by Crippen LogP contribution is 2.49. The first-order chi connectivity index (χ1) is 13.1. The largest absolute Gasteiger partial charge is 0.493 e. The smallest absolute Gasteiger partial charge is 0.180 e. The Morgan fingerprint density at radius 3 is 2.48 bits per heavy atom. The molecule has 4 heterocycles. The summed E-state index contributed by atoms with van der Waals surface area (Å²) < 4.78 is 9.87. The normalized spacial score (nSPS) is 19.6. The molecule has 4 aromatic heterocycles. The van der Waals surface area contributed by atoms with E-state index >= 15 is 0 Å². The Hall–Kier alpha value is -2.82. The number of hydrogen-bond acceptors (Lipinski definition) is 3. The molecule has 0 N–H and O–H groups in total. The van der Waals surface area contributed by atoms with E-state index in [-0.39, 0.29) is 0 Å². The van der Waals surface area contributed by atoms with E-state index in [4.69, 9.17) is 14.7 Å². The summed E-state index contributed by atoms with van der Waals surface area (Å²) in [4.78, 5) is 9.97. The minimum Gasteiger partial charge on any atom is -0.493 e. The summed E-state index contributed by atoms with van der Waals surface area (Å²) in [6.07, 6.45) is 6.61. The summed E-state index contributed by atoms with van der Waals surface area (Å²) in [5.74, 6) is 1.67. The molecule has 2 atom stereocenters. The first-order valence-electron chi connectivity index (χ1n) is 9.55. The van der Waals surface area contributed by atoms with Gasteiger partial charge in [0.15, 0.2) is 11.4 Å². The van der Waals surface area contributed by atoms with Crippen LogP contribution < -0.4 is 4.74 Å². The number of aromatic nitrogens is 4. The van der Waals surface area contributed by atoms with Gasteiger partial charge in [-0.2, -0.15) is 0 Å². The maximum Gasteiger partial charge on any atom is 0.180 e. The third-order valence-corrected chi connectivity index (χ3v) is 6.15. The molecule has 5 nitrogen and oxygen atoms in total. The lowest BCUT2D eigenvalue weighted by Gasteiger charge is -2.34. The average molecular weight is 360 g/mol. The maximum absolute atomic E-state index is 5.51. The van der Waals surface area contributed by atoms with Crippen molar-refractivity contribution in [2.24, 2.45) is 0 Å². The Bertz CT molecular complexity index is 1130. The molecule has 0 saturated heterocycles. The first kappa shape index (κ1) is 16.4. The van der Waals surface area contributed by atoms with Gasteiger partial charge in [-0.15, -0.1) is 0 Å². The van der Waals surface area contributed by atoms with E-state index in [1.807, 2.05) is 12.1 Å². The summed E-state index contributed by atoms with van der Waals surface area (Å²) in [7, 11) is 1.70. The second-order valence-corrected chi connectivity index (χ2v) is 7.66. The van der Waals surface area contributed by atoms with Crippen molar-refractivity contribution in [1.82, 2.24) is 18.8 Å².